The highest BCUT2D eigenvalue weighted by Crippen LogP contribution is 2.26. The number of hydrogen-bond donors (Lipinski definition) is 1. The summed E-state index contributed by atoms with van der Waals surface area (Å²) in [5.41, 5.74) is 0.536. The molecule has 1 aromatic rings. The Hall–Kier alpha value is -1.44. The van der Waals surface area contributed by atoms with Crippen molar-refractivity contribution in [1.29, 1.82) is 5.26 Å². The van der Waals surface area contributed by atoms with Crippen molar-refractivity contribution in [2.24, 2.45) is 0 Å². The van der Waals surface area contributed by atoms with Gasteiger partial charge in [-0.3, -0.25) is 0 Å². The Morgan fingerprint density at radius 2 is 1.90 bits per heavy atom. The number of hydrogen-bond acceptors (Lipinski definition) is 2. The lowest BCUT2D eigenvalue weighted by molar-refractivity contribution is 0.197. The average molecular weight is 312 g/mol. The number of carbonyl (C=O) groups excluding carboxylic acids is 1. The normalized spacial score (nSPS) is 14.8. The van der Waals surface area contributed by atoms with E-state index in [0.717, 1.165) is 25.7 Å². The van der Waals surface area contributed by atoms with Crippen LogP contribution in [0.25, 0.3) is 0 Å². The molecule has 1 aliphatic rings. The first-order chi connectivity index (χ1) is 9.60. The first-order valence-electron chi connectivity index (χ1n) is 6.51. The quantitative estimate of drug-likeness (QED) is 0.846. The highest BCUT2D eigenvalue weighted by molar-refractivity contribution is 6.35. The molecule has 1 saturated carbocycles. The van der Waals surface area contributed by atoms with Crippen LogP contribution >= 0.6 is 23.2 Å². The fraction of sp³-hybridized carbons (Fsp3) is 0.429. The molecular weight excluding hydrogens is 297 g/mol. The van der Waals surface area contributed by atoms with Gasteiger partial charge in [0.25, 0.3) is 0 Å². The molecule has 2 rings (SSSR count). The van der Waals surface area contributed by atoms with E-state index in [1.54, 1.807) is 23.1 Å². The Kier molecular flexibility index (Phi) is 5.11. The molecular formula is C14H15Cl2N3O. The summed E-state index contributed by atoms with van der Waals surface area (Å²) in [6.07, 6.45) is 4.10. The number of halogens is 2. The van der Waals surface area contributed by atoms with Crippen LogP contribution in [0, 0.1) is 11.3 Å². The SMILES string of the molecule is N#CCN(C(=O)Nc1cc(Cl)cc(Cl)c1)C1CCCC1. The van der Waals surface area contributed by atoms with Gasteiger partial charge >= 0.3 is 6.03 Å². The van der Waals surface area contributed by atoms with Crippen LogP contribution < -0.4 is 5.32 Å². The van der Waals surface area contributed by atoms with Crippen LogP contribution in [0.3, 0.4) is 0 Å². The van der Waals surface area contributed by atoms with Crippen molar-refractivity contribution >= 4 is 34.9 Å². The van der Waals surface area contributed by atoms with Crippen LogP contribution in [0.2, 0.25) is 10.0 Å². The molecule has 20 heavy (non-hydrogen) atoms. The molecule has 0 radical (unpaired) electrons. The third-order valence-electron chi connectivity index (χ3n) is 3.38. The maximum Gasteiger partial charge on any atom is 0.322 e. The first-order valence-corrected chi connectivity index (χ1v) is 7.26. The maximum atomic E-state index is 12.3. The Balaban J connectivity index is 2.09. The van der Waals surface area contributed by atoms with Gasteiger partial charge < -0.3 is 10.2 Å². The van der Waals surface area contributed by atoms with Crippen molar-refractivity contribution in [3.63, 3.8) is 0 Å². The van der Waals surface area contributed by atoms with Crippen LogP contribution in [0.1, 0.15) is 25.7 Å². The monoisotopic (exact) mass is 311 g/mol. The zero-order valence-electron chi connectivity index (χ0n) is 10.9. The van der Waals surface area contributed by atoms with Crippen molar-refractivity contribution in [3.05, 3.63) is 28.2 Å². The van der Waals surface area contributed by atoms with Crippen molar-refractivity contribution < 1.29 is 4.79 Å². The Bertz CT molecular complexity index is 515. The summed E-state index contributed by atoms with van der Waals surface area (Å²) in [5, 5.41) is 12.6. The summed E-state index contributed by atoms with van der Waals surface area (Å²) < 4.78 is 0. The molecule has 1 fully saturated rings. The van der Waals surface area contributed by atoms with Crippen molar-refractivity contribution in [2.75, 3.05) is 11.9 Å². The van der Waals surface area contributed by atoms with Crippen LogP contribution in [-0.2, 0) is 0 Å². The van der Waals surface area contributed by atoms with Gasteiger partial charge in [0.2, 0.25) is 0 Å². The van der Waals surface area contributed by atoms with Gasteiger partial charge in [-0.05, 0) is 31.0 Å². The minimum Gasteiger partial charge on any atom is -0.308 e. The molecule has 2 amide bonds. The number of amides is 2. The van der Waals surface area contributed by atoms with E-state index in [1.165, 1.54) is 0 Å². The van der Waals surface area contributed by atoms with Crippen molar-refractivity contribution in [1.82, 2.24) is 4.90 Å². The molecule has 0 unspecified atom stereocenters. The Labute approximate surface area is 128 Å². The molecule has 1 aromatic carbocycles. The van der Waals surface area contributed by atoms with Crippen molar-refractivity contribution in [2.45, 2.75) is 31.7 Å². The molecule has 0 bridgehead atoms. The van der Waals surface area contributed by atoms with Gasteiger partial charge in [-0.2, -0.15) is 5.26 Å². The van der Waals surface area contributed by atoms with E-state index in [2.05, 4.69) is 5.32 Å². The minimum atomic E-state index is -0.281. The topological polar surface area (TPSA) is 56.1 Å². The van der Waals surface area contributed by atoms with E-state index in [1.807, 2.05) is 6.07 Å². The molecule has 1 N–H and O–H groups in total. The van der Waals surface area contributed by atoms with E-state index in [0.29, 0.717) is 15.7 Å². The van der Waals surface area contributed by atoms with Crippen LogP contribution in [0.5, 0.6) is 0 Å². The van der Waals surface area contributed by atoms with Gasteiger partial charge in [-0.25, -0.2) is 4.79 Å². The highest BCUT2D eigenvalue weighted by atomic mass is 35.5. The Morgan fingerprint density at radius 1 is 1.30 bits per heavy atom. The molecule has 0 saturated heterocycles. The molecule has 0 heterocycles. The standard InChI is InChI=1S/C14H15Cl2N3O/c15-10-7-11(16)9-12(8-10)18-14(20)19(6-5-17)13-3-1-2-4-13/h7-9,13H,1-4,6H2,(H,18,20). The molecule has 0 spiro atoms. The number of rotatable bonds is 3. The fourth-order valence-corrected chi connectivity index (χ4v) is 3.01. The van der Waals surface area contributed by atoms with Gasteiger partial charge in [0.1, 0.15) is 6.54 Å². The molecule has 0 aromatic heterocycles. The second-order valence-electron chi connectivity index (χ2n) is 4.81. The number of nitrogens with one attached hydrogen (secondary N) is 1. The van der Waals surface area contributed by atoms with Gasteiger partial charge in [-0.15, -0.1) is 0 Å². The number of anilines is 1. The minimum absolute atomic E-state index is 0.0881. The summed E-state index contributed by atoms with van der Waals surface area (Å²) in [7, 11) is 0. The predicted molar refractivity (Wildman–Crippen MR) is 80.1 cm³/mol. The molecule has 106 valence electrons. The van der Waals surface area contributed by atoms with Crippen LogP contribution in [0.15, 0.2) is 18.2 Å². The lowest BCUT2D eigenvalue weighted by Gasteiger charge is -2.26. The summed E-state index contributed by atoms with van der Waals surface area (Å²) in [6.45, 7) is 0.0881. The second kappa shape index (κ2) is 6.83. The van der Waals surface area contributed by atoms with E-state index < -0.39 is 0 Å². The van der Waals surface area contributed by atoms with Crippen molar-refractivity contribution in [3.8, 4) is 6.07 Å². The third-order valence-corrected chi connectivity index (χ3v) is 3.82. The number of benzene rings is 1. The third kappa shape index (κ3) is 3.78. The van der Waals surface area contributed by atoms with Gasteiger partial charge in [-0.1, -0.05) is 36.0 Å². The predicted octanol–water partition coefficient (Wildman–Crippen LogP) is 4.29. The van der Waals surface area contributed by atoms with E-state index in [-0.39, 0.29) is 18.6 Å². The molecule has 6 heteroatoms. The largest absolute Gasteiger partial charge is 0.322 e. The molecule has 0 atom stereocenters. The molecule has 4 nitrogen and oxygen atoms in total. The van der Waals surface area contributed by atoms with Gasteiger partial charge in [0.15, 0.2) is 0 Å². The molecule has 1 aliphatic carbocycles. The lowest BCUT2D eigenvalue weighted by atomic mass is 10.2. The maximum absolute atomic E-state index is 12.3. The fourth-order valence-electron chi connectivity index (χ4n) is 2.48. The average Bonchev–Trinajstić information content (AvgIpc) is 2.87. The lowest BCUT2D eigenvalue weighted by Crippen LogP contribution is -2.41. The number of urea groups is 1. The van der Waals surface area contributed by atoms with Crippen LogP contribution in [-0.4, -0.2) is 23.5 Å². The summed E-state index contributed by atoms with van der Waals surface area (Å²) in [6, 6.07) is 6.77. The zero-order valence-corrected chi connectivity index (χ0v) is 12.4. The number of nitriles is 1. The summed E-state index contributed by atoms with van der Waals surface area (Å²) in [4.78, 5) is 13.9. The number of nitrogens with zero attached hydrogens (tertiary/aromatic N) is 2. The molecule has 0 aliphatic heterocycles. The smallest absolute Gasteiger partial charge is 0.308 e. The summed E-state index contributed by atoms with van der Waals surface area (Å²) in [5.74, 6) is 0. The van der Waals surface area contributed by atoms with E-state index in [9.17, 15) is 4.79 Å². The van der Waals surface area contributed by atoms with E-state index >= 15 is 0 Å². The second-order valence-corrected chi connectivity index (χ2v) is 5.69. The number of carbonyl (C=O) groups is 1. The van der Waals surface area contributed by atoms with Gasteiger partial charge in [0.05, 0.1) is 6.07 Å². The van der Waals surface area contributed by atoms with Crippen LogP contribution in [0.4, 0.5) is 10.5 Å². The first kappa shape index (κ1) is 15.0. The highest BCUT2D eigenvalue weighted by Gasteiger charge is 2.26. The van der Waals surface area contributed by atoms with E-state index in [4.69, 9.17) is 28.5 Å². The zero-order chi connectivity index (χ0) is 14.5. The summed E-state index contributed by atoms with van der Waals surface area (Å²) >= 11 is 11.8. The Morgan fingerprint density at radius 3 is 2.45 bits per heavy atom. The van der Waals surface area contributed by atoms with Gasteiger partial charge in [0, 0.05) is 21.8 Å².